The highest BCUT2D eigenvalue weighted by atomic mass is 35.5. The van der Waals surface area contributed by atoms with Crippen molar-refractivity contribution in [3.8, 4) is 0 Å². The van der Waals surface area contributed by atoms with Crippen LogP contribution >= 0.6 is 23.4 Å². The van der Waals surface area contributed by atoms with Gasteiger partial charge in [0.1, 0.15) is 0 Å². The van der Waals surface area contributed by atoms with E-state index in [1.165, 1.54) is 11.8 Å². The molecule has 0 aromatic heterocycles. The fourth-order valence-electron chi connectivity index (χ4n) is 3.02. The maximum atomic E-state index is 12.4. The normalized spacial score (nSPS) is 14.1. The van der Waals surface area contributed by atoms with Crippen LogP contribution in [-0.4, -0.2) is 54.4 Å². The molecule has 0 bridgehead atoms. The van der Waals surface area contributed by atoms with Crippen molar-refractivity contribution in [1.29, 1.82) is 0 Å². The van der Waals surface area contributed by atoms with Crippen LogP contribution in [0.1, 0.15) is 5.56 Å². The number of carbonyl (C=O) groups excluding carboxylic acids is 2. The first-order chi connectivity index (χ1) is 13.5. The van der Waals surface area contributed by atoms with E-state index in [1.807, 2.05) is 60.4 Å². The first-order valence-electron chi connectivity index (χ1n) is 9.24. The van der Waals surface area contributed by atoms with E-state index in [-0.39, 0.29) is 17.6 Å². The minimum Gasteiger partial charge on any atom is -0.368 e. The summed E-state index contributed by atoms with van der Waals surface area (Å²) in [4.78, 5) is 28.5. The van der Waals surface area contributed by atoms with Gasteiger partial charge in [0.25, 0.3) is 0 Å². The molecule has 0 saturated carbocycles. The van der Waals surface area contributed by atoms with Crippen LogP contribution in [0.3, 0.4) is 0 Å². The number of hydrogen-bond donors (Lipinski definition) is 1. The molecule has 1 heterocycles. The second-order valence-corrected chi connectivity index (χ2v) is 8.17. The first kappa shape index (κ1) is 20.6. The molecule has 2 aromatic rings. The molecular formula is C21H24ClN3O2S. The summed E-state index contributed by atoms with van der Waals surface area (Å²) in [5, 5.41) is 3.57. The number of nitrogens with one attached hydrogen (secondary N) is 1. The number of rotatable bonds is 6. The standard InChI is InChI=1S/C21H24ClN3O2S/c1-16-2-6-18(7-3-16)23-20(26)14-28-15-21(27)25-12-10-24(11-13-25)19-8-4-17(22)5-9-19/h2-9H,10-15H2,1H3,(H,23,26). The highest BCUT2D eigenvalue weighted by Crippen LogP contribution is 2.19. The number of thioether (sulfide) groups is 1. The molecule has 148 valence electrons. The number of nitrogens with zero attached hydrogens (tertiary/aromatic N) is 2. The molecule has 1 aliphatic rings. The van der Waals surface area contributed by atoms with Crippen LogP contribution in [0, 0.1) is 6.92 Å². The van der Waals surface area contributed by atoms with Gasteiger partial charge < -0.3 is 15.1 Å². The SMILES string of the molecule is Cc1ccc(NC(=O)CSCC(=O)N2CCN(c3ccc(Cl)cc3)CC2)cc1. The lowest BCUT2D eigenvalue weighted by molar-refractivity contribution is -0.128. The van der Waals surface area contributed by atoms with E-state index in [0.717, 1.165) is 35.1 Å². The Bertz CT molecular complexity index is 803. The van der Waals surface area contributed by atoms with Gasteiger partial charge >= 0.3 is 0 Å². The van der Waals surface area contributed by atoms with Gasteiger partial charge in [0.15, 0.2) is 0 Å². The van der Waals surface area contributed by atoms with E-state index in [2.05, 4.69) is 10.2 Å². The topological polar surface area (TPSA) is 52.7 Å². The van der Waals surface area contributed by atoms with Crippen LogP contribution in [0.2, 0.25) is 5.02 Å². The van der Waals surface area contributed by atoms with Crippen LogP contribution in [0.15, 0.2) is 48.5 Å². The highest BCUT2D eigenvalue weighted by molar-refractivity contribution is 8.00. The number of anilines is 2. The Labute approximate surface area is 175 Å². The van der Waals surface area contributed by atoms with Crippen LogP contribution in [0.25, 0.3) is 0 Å². The Hall–Kier alpha value is -2.18. The molecule has 1 fully saturated rings. The zero-order valence-electron chi connectivity index (χ0n) is 15.9. The van der Waals surface area contributed by atoms with E-state index >= 15 is 0 Å². The monoisotopic (exact) mass is 417 g/mol. The molecule has 1 N–H and O–H groups in total. The fraction of sp³-hybridized carbons (Fsp3) is 0.333. The fourth-order valence-corrected chi connectivity index (χ4v) is 3.87. The Kier molecular flexibility index (Phi) is 7.23. The molecule has 2 amide bonds. The molecular weight excluding hydrogens is 394 g/mol. The van der Waals surface area contributed by atoms with Crippen molar-refractivity contribution in [3.05, 3.63) is 59.1 Å². The predicted molar refractivity (Wildman–Crippen MR) is 117 cm³/mol. The van der Waals surface area contributed by atoms with E-state index < -0.39 is 0 Å². The third kappa shape index (κ3) is 5.91. The molecule has 0 radical (unpaired) electrons. The van der Waals surface area contributed by atoms with Gasteiger partial charge in [-0.2, -0.15) is 0 Å². The summed E-state index contributed by atoms with van der Waals surface area (Å²) in [6.07, 6.45) is 0. The van der Waals surface area contributed by atoms with Crippen molar-refractivity contribution < 1.29 is 9.59 Å². The minimum absolute atomic E-state index is 0.0869. The van der Waals surface area contributed by atoms with Crippen LogP contribution in [-0.2, 0) is 9.59 Å². The summed E-state index contributed by atoms with van der Waals surface area (Å²) >= 11 is 7.29. The molecule has 2 aromatic carbocycles. The average Bonchev–Trinajstić information content (AvgIpc) is 2.70. The first-order valence-corrected chi connectivity index (χ1v) is 10.8. The smallest absolute Gasteiger partial charge is 0.234 e. The Morgan fingerprint density at radius 1 is 0.964 bits per heavy atom. The predicted octanol–water partition coefficient (Wildman–Crippen LogP) is 3.67. The lowest BCUT2D eigenvalue weighted by Crippen LogP contribution is -2.49. The van der Waals surface area contributed by atoms with Crippen LogP contribution in [0.5, 0.6) is 0 Å². The number of carbonyl (C=O) groups is 2. The quantitative estimate of drug-likeness (QED) is 0.779. The summed E-state index contributed by atoms with van der Waals surface area (Å²) < 4.78 is 0. The number of amides is 2. The summed E-state index contributed by atoms with van der Waals surface area (Å²) in [6.45, 7) is 4.98. The average molecular weight is 418 g/mol. The zero-order chi connectivity index (χ0) is 19.9. The second kappa shape index (κ2) is 9.85. The molecule has 7 heteroatoms. The Balaban J connectivity index is 1.37. The van der Waals surface area contributed by atoms with Gasteiger partial charge in [0.05, 0.1) is 11.5 Å². The van der Waals surface area contributed by atoms with Crippen molar-refractivity contribution in [1.82, 2.24) is 4.90 Å². The molecule has 0 aliphatic carbocycles. The highest BCUT2D eigenvalue weighted by Gasteiger charge is 2.21. The molecule has 5 nitrogen and oxygen atoms in total. The molecule has 0 spiro atoms. The summed E-state index contributed by atoms with van der Waals surface area (Å²) in [5.74, 6) is 0.588. The van der Waals surface area contributed by atoms with Crippen molar-refractivity contribution in [2.75, 3.05) is 47.9 Å². The zero-order valence-corrected chi connectivity index (χ0v) is 17.4. The Morgan fingerprint density at radius 3 is 2.25 bits per heavy atom. The lowest BCUT2D eigenvalue weighted by atomic mass is 10.2. The molecule has 3 rings (SSSR count). The summed E-state index contributed by atoms with van der Waals surface area (Å²) in [6, 6.07) is 15.4. The van der Waals surface area contributed by atoms with Crippen molar-refractivity contribution >= 4 is 46.6 Å². The third-order valence-electron chi connectivity index (χ3n) is 4.62. The second-order valence-electron chi connectivity index (χ2n) is 6.75. The third-order valence-corrected chi connectivity index (χ3v) is 5.79. The number of hydrogen-bond acceptors (Lipinski definition) is 4. The number of halogens is 1. The van der Waals surface area contributed by atoms with Crippen molar-refractivity contribution in [3.63, 3.8) is 0 Å². The van der Waals surface area contributed by atoms with Crippen molar-refractivity contribution in [2.24, 2.45) is 0 Å². The van der Waals surface area contributed by atoms with E-state index in [1.54, 1.807) is 0 Å². The van der Waals surface area contributed by atoms with Gasteiger partial charge in [0, 0.05) is 42.6 Å². The van der Waals surface area contributed by atoms with E-state index in [9.17, 15) is 9.59 Å². The summed E-state index contributed by atoms with van der Waals surface area (Å²) in [5.41, 5.74) is 3.05. The van der Waals surface area contributed by atoms with E-state index in [4.69, 9.17) is 11.6 Å². The summed E-state index contributed by atoms with van der Waals surface area (Å²) in [7, 11) is 0. The van der Waals surface area contributed by atoms with Gasteiger partial charge in [-0.15, -0.1) is 11.8 Å². The molecule has 1 aliphatic heterocycles. The maximum absolute atomic E-state index is 12.4. The minimum atomic E-state index is -0.0887. The molecule has 1 saturated heterocycles. The van der Waals surface area contributed by atoms with Gasteiger partial charge in [-0.05, 0) is 43.3 Å². The van der Waals surface area contributed by atoms with Crippen LogP contribution in [0.4, 0.5) is 11.4 Å². The molecule has 0 unspecified atom stereocenters. The van der Waals surface area contributed by atoms with E-state index in [0.29, 0.717) is 18.8 Å². The number of benzene rings is 2. The molecule has 0 atom stereocenters. The van der Waals surface area contributed by atoms with Gasteiger partial charge in [0.2, 0.25) is 11.8 Å². The largest absolute Gasteiger partial charge is 0.368 e. The maximum Gasteiger partial charge on any atom is 0.234 e. The number of piperazine rings is 1. The van der Waals surface area contributed by atoms with Gasteiger partial charge in [-0.3, -0.25) is 9.59 Å². The van der Waals surface area contributed by atoms with Gasteiger partial charge in [-0.25, -0.2) is 0 Å². The lowest BCUT2D eigenvalue weighted by Gasteiger charge is -2.36. The van der Waals surface area contributed by atoms with Gasteiger partial charge in [-0.1, -0.05) is 29.3 Å². The van der Waals surface area contributed by atoms with Crippen LogP contribution < -0.4 is 10.2 Å². The van der Waals surface area contributed by atoms with Crippen molar-refractivity contribution in [2.45, 2.75) is 6.92 Å². The number of aryl methyl sites for hydroxylation is 1. The Morgan fingerprint density at radius 2 is 1.61 bits per heavy atom. The molecule has 28 heavy (non-hydrogen) atoms.